The second-order valence-corrected chi connectivity index (χ2v) is 5.80. The number of fused-ring (bicyclic) bond motifs is 1. The molecule has 2 aromatic heterocycles. The lowest BCUT2D eigenvalue weighted by Gasteiger charge is -2.06. The number of aromatic nitrogens is 2. The predicted molar refractivity (Wildman–Crippen MR) is 93.3 cm³/mol. The summed E-state index contributed by atoms with van der Waals surface area (Å²) in [6.07, 6.45) is 6.69. The average Bonchev–Trinajstić information content (AvgIpc) is 2.92. The van der Waals surface area contributed by atoms with E-state index in [0.717, 1.165) is 17.9 Å². The Hall–Kier alpha value is -2.29. The second kappa shape index (κ2) is 7.12. The van der Waals surface area contributed by atoms with Crippen LogP contribution in [0.3, 0.4) is 0 Å². The zero-order chi connectivity index (χ0) is 15.2. The van der Waals surface area contributed by atoms with Gasteiger partial charge in [0.15, 0.2) is 0 Å². The topological polar surface area (TPSA) is 40.7 Å². The molecule has 0 aliphatic rings. The van der Waals surface area contributed by atoms with Crippen LogP contribution in [0, 0.1) is 6.92 Å². The van der Waals surface area contributed by atoms with Crippen LogP contribution < -0.4 is 5.32 Å². The summed E-state index contributed by atoms with van der Waals surface area (Å²) in [6.45, 7) is 3.05. The maximum Gasteiger partial charge on any atom is 0.150 e. The van der Waals surface area contributed by atoms with Crippen LogP contribution in [0.25, 0.3) is 10.9 Å². The summed E-state index contributed by atoms with van der Waals surface area (Å²) in [4.78, 5) is 7.82. The molecule has 0 atom stereocenters. The van der Waals surface area contributed by atoms with Crippen molar-refractivity contribution in [3.63, 3.8) is 0 Å². The van der Waals surface area contributed by atoms with E-state index in [9.17, 15) is 0 Å². The van der Waals surface area contributed by atoms with Crippen LogP contribution >= 0.6 is 0 Å². The number of unbranched alkanes of at least 4 members (excludes halogenated alkanes) is 2. The SMILES string of the molecule is Cc1cc2ccnc(NCCCCCc3ccccc3)c2[nH]1. The molecule has 0 aliphatic carbocycles. The van der Waals surface area contributed by atoms with E-state index in [-0.39, 0.29) is 0 Å². The van der Waals surface area contributed by atoms with Crippen molar-refractivity contribution in [1.29, 1.82) is 0 Å². The van der Waals surface area contributed by atoms with E-state index >= 15 is 0 Å². The lowest BCUT2D eigenvalue weighted by atomic mass is 10.1. The van der Waals surface area contributed by atoms with Gasteiger partial charge in [-0.3, -0.25) is 0 Å². The van der Waals surface area contributed by atoms with Crippen LogP contribution in [0.4, 0.5) is 5.82 Å². The number of rotatable bonds is 7. The van der Waals surface area contributed by atoms with Crippen LogP contribution in [-0.2, 0) is 6.42 Å². The van der Waals surface area contributed by atoms with Gasteiger partial charge in [0.1, 0.15) is 5.82 Å². The van der Waals surface area contributed by atoms with Gasteiger partial charge in [0, 0.05) is 23.8 Å². The van der Waals surface area contributed by atoms with Crippen molar-refractivity contribution in [2.45, 2.75) is 32.6 Å². The standard InChI is InChI=1S/C19H23N3/c1-15-14-17-11-13-21-19(18(17)22-15)20-12-7-3-6-10-16-8-4-2-5-9-16/h2,4-5,8-9,11,13-14,22H,3,6-7,10,12H2,1H3,(H,20,21). The van der Waals surface area contributed by atoms with Gasteiger partial charge in [-0.25, -0.2) is 4.98 Å². The molecule has 0 radical (unpaired) electrons. The Kier molecular flexibility index (Phi) is 4.74. The van der Waals surface area contributed by atoms with E-state index < -0.39 is 0 Å². The second-order valence-electron chi connectivity index (χ2n) is 5.80. The Balaban J connectivity index is 1.43. The normalized spacial score (nSPS) is 11.0. The summed E-state index contributed by atoms with van der Waals surface area (Å²) in [5.74, 6) is 0.966. The Morgan fingerprint density at radius 2 is 1.91 bits per heavy atom. The summed E-state index contributed by atoms with van der Waals surface area (Å²) in [7, 11) is 0. The molecule has 2 heterocycles. The molecule has 0 aliphatic heterocycles. The first-order valence-corrected chi connectivity index (χ1v) is 8.05. The van der Waals surface area contributed by atoms with Gasteiger partial charge in [0.25, 0.3) is 0 Å². The number of pyridine rings is 1. The molecule has 0 saturated heterocycles. The van der Waals surface area contributed by atoms with Gasteiger partial charge >= 0.3 is 0 Å². The highest BCUT2D eigenvalue weighted by molar-refractivity contribution is 5.89. The molecular formula is C19H23N3. The van der Waals surface area contributed by atoms with Crippen molar-refractivity contribution >= 4 is 16.7 Å². The smallest absolute Gasteiger partial charge is 0.150 e. The van der Waals surface area contributed by atoms with Crippen molar-refractivity contribution in [3.8, 4) is 0 Å². The van der Waals surface area contributed by atoms with E-state index in [4.69, 9.17) is 0 Å². The number of aryl methyl sites for hydroxylation is 2. The van der Waals surface area contributed by atoms with Crippen LogP contribution in [0.2, 0.25) is 0 Å². The minimum atomic E-state index is 0.966. The molecule has 2 N–H and O–H groups in total. The highest BCUT2D eigenvalue weighted by Gasteiger charge is 2.04. The average molecular weight is 293 g/mol. The van der Waals surface area contributed by atoms with E-state index in [0.29, 0.717) is 0 Å². The van der Waals surface area contributed by atoms with Crippen LogP contribution in [-0.4, -0.2) is 16.5 Å². The number of anilines is 1. The minimum Gasteiger partial charge on any atom is -0.368 e. The molecule has 3 rings (SSSR count). The zero-order valence-corrected chi connectivity index (χ0v) is 13.1. The van der Waals surface area contributed by atoms with Gasteiger partial charge in [0.2, 0.25) is 0 Å². The zero-order valence-electron chi connectivity index (χ0n) is 13.1. The molecule has 22 heavy (non-hydrogen) atoms. The molecular weight excluding hydrogens is 270 g/mol. The molecule has 0 bridgehead atoms. The first-order chi connectivity index (χ1) is 10.8. The Morgan fingerprint density at radius 3 is 2.77 bits per heavy atom. The van der Waals surface area contributed by atoms with Gasteiger partial charge in [-0.05, 0) is 43.9 Å². The summed E-state index contributed by atoms with van der Waals surface area (Å²) < 4.78 is 0. The van der Waals surface area contributed by atoms with E-state index in [2.05, 4.69) is 58.6 Å². The molecule has 1 aromatic carbocycles. The van der Waals surface area contributed by atoms with E-state index in [1.165, 1.54) is 42.3 Å². The quantitative estimate of drug-likeness (QED) is 0.620. The number of hydrogen-bond acceptors (Lipinski definition) is 2. The van der Waals surface area contributed by atoms with Crippen LogP contribution in [0.1, 0.15) is 30.5 Å². The summed E-state index contributed by atoms with van der Waals surface area (Å²) in [5.41, 5.74) is 3.72. The lowest BCUT2D eigenvalue weighted by molar-refractivity contribution is 0.697. The Bertz CT molecular complexity index is 716. The third-order valence-corrected chi connectivity index (χ3v) is 3.95. The van der Waals surface area contributed by atoms with Crippen molar-refractivity contribution in [3.05, 3.63) is 59.9 Å². The molecule has 3 nitrogen and oxygen atoms in total. The maximum absolute atomic E-state index is 4.44. The van der Waals surface area contributed by atoms with Crippen molar-refractivity contribution in [2.75, 3.05) is 11.9 Å². The van der Waals surface area contributed by atoms with Gasteiger partial charge in [-0.2, -0.15) is 0 Å². The van der Waals surface area contributed by atoms with Gasteiger partial charge in [0.05, 0.1) is 5.52 Å². The number of H-pyrrole nitrogens is 1. The highest BCUT2D eigenvalue weighted by Crippen LogP contribution is 2.21. The number of nitrogens with zero attached hydrogens (tertiary/aromatic N) is 1. The molecule has 0 unspecified atom stereocenters. The first kappa shape index (κ1) is 14.6. The predicted octanol–water partition coefficient (Wildman–Crippen LogP) is 4.70. The third kappa shape index (κ3) is 3.67. The van der Waals surface area contributed by atoms with Crippen molar-refractivity contribution in [1.82, 2.24) is 9.97 Å². The molecule has 3 aromatic rings. The Labute approximate surface area is 131 Å². The first-order valence-electron chi connectivity index (χ1n) is 8.05. The van der Waals surface area contributed by atoms with Crippen LogP contribution in [0.15, 0.2) is 48.7 Å². The van der Waals surface area contributed by atoms with Crippen molar-refractivity contribution in [2.24, 2.45) is 0 Å². The molecule has 0 amide bonds. The number of hydrogen-bond donors (Lipinski definition) is 2. The number of nitrogens with one attached hydrogen (secondary N) is 2. The summed E-state index contributed by atoms with van der Waals surface area (Å²) in [5, 5.41) is 4.68. The largest absolute Gasteiger partial charge is 0.368 e. The molecule has 0 fully saturated rings. The number of benzene rings is 1. The fourth-order valence-electron chi connectivity index (χ4n) is 2.81. The van der Waals surface area contributed by atoms with E-state index in [1.807, 2.05) is 12.3 Å². The highest BCUT2D eigenvalue weighted by atomic mass is 15.0. The molecule has 0 saturated carbocycles. The fraction of sp³-hybridized carbons (Fsp3) is 0.316. The Morgan fingerprint density at radius 1 is 1.05 bits per heavy atom. The van der Waals surface area contributed by atoms with Gasteiger partial charge < -0.3 is 10.3 Å². The molecule has 0 spiro atoms. The third-order valence-electron chi connectivity index (χ3n) is 3.95. The summed E-state index contributed by atoms with van der Waals surface area (Å²) >= 11 is 0. The fourth-order valence-corrected chi connectivity index (χ4v) is 2.81. The monoisotopic (exact) mass is 293 g/mol. The molecule has 3 heteroatoms. The molecule has 114 valence electrons. The van der Waals surface area contributed by atoms with E-state index in [1.54, 1.807) is 0 Å². The van der Waals surface area contributed by atoms with Gasteiger partial charge in [-0.1, -0.05) is 36.8 Å². The number of aromatic amines is 1. The summed E-state index contributed by atoms with van der Waals surface area (Å²) in [6, 6.07) is 14.9. The lowest BCUT2D eigenvalue weighted by Crippen LogP contribution is -2.04. The van der Waals surface area contributed by atoms with Gasteiger partial charge in [-0.15, -0.1) is 0 Å². The minimum absolute atomic E-state index is 0.966. The maximum atomic E-state index is 4.44. The van der Waals surface area contributed by atoms with Crippen molar-refractivity contribution < 1.29 is 0 Å². The van der Waals surface area contributed by atoms with Crippen LogP contribution in [0.5, 0.6) is 0 Å².